The monoisotopic (exact) mass is 156 g/mol. The summed E-state index contributed by atoms with van der Waals surface area (Å²) >= 11 is 0. The highest BCUT2D eigenvalue weighted by Gasteiger charge is 2.30. The standard InChI is InChI=1S/C9H16O2/c10-9(8-3-4-8)6-11-5-7-1-2-7/h7-10H,1-6H2. The minimum Gasteiger partial charge on any atom is -0.390 e. The van der Waals surface area contributed by atoms with E-state index in [2.05, 4.69) is 0 Å². The summed E-state index contributed by atoms with van der Waals surface area (Å²) in [4.78, 5) is 0. The van der Waals surface area contributed by atoms with E-state index in [1.807, 2.05) is 0 Å². The SMILES string of the molecule is OC(COCC1CC1)C1CC1. The van der Waals surface area contributed by atoms with Crippen molar-refractivity contribution in [1.82, 2.24) is 0 Å². The lowest BCUT2D eigenvalue weighted by atomic mass is 10.2. The van der Waals surface area contributed by atoms with Crippen LogP contribution in [-0.4, -0.2) is 24.4 Å². The van der Waals surface area contributed by atoms with Gasteiger partial charge in [0.2, 0.25) is 0 Å². The van der Waals surface area contributed by atoms with Crippen LogP contribution < -0.4 is 0 Å². The Bertz CT molecular complexity index is 128. The maximum absolute atomic E-state index is 9.40. The van der Waals surface area contributed by atoms with E-state index < -0.39 is 0 Å². The first-order chi connectivity index (χ1) is 5.36. The van der Waals surface area contributed by atoms with E-state index in [9.17, 15) is 5.11 Å². The van der Waals surface area contributed by atoms with E-state index in [1.54, 1.807) is 0 Å². The molecule has 11 heavy (non-hydrogen) atoms. The third-order valence-corrected chi connectivity index (χ3v) is 2.51. The normalized spacial score (nSPS) is 27.0. The van der Waals surface area contributed by atoms with Crippen LogP contribution in [0.5, 0.6) is 0 Å². The van der Waals surface area contributed by atoms with Gasteiger partial charge in [-0.2, -0.15) is 0 Å². The quantitative estimate of drug-likeness (QED) is 0.647. The van der Waals surface area contributed by atoms with Crippen molar-refractivity contribution >= 4 is 0 Å². The molecule has 0 saturated heterocycles. The largest absolute Gasteiger partial charge is 0.390 e. The van der Waals surface area contributed by atoms with Gasteiger partial charge >= 0.3 is 0 Å². The minimum atomic E-state index is -0.172. The van der Waals surface area contributed by atoms with Crippen molar-refractivity contribution in [3.05, 3.63) is 0 Å². The summed E-state index contributed by atoms with van der Waals surface area (Å²) in [6, 6.07) is 0. The molecule has 0 bridgehead atoms. The number of rotatable bonds is 5. The summed E-state index contributed by atoms with van der Waals surface area (Å²) in [6.45, 7) is 1.45. The van der Waals surface area contributed by atoms with Gasteiger partial charge in [0.25, 0.3) is 0 Å². The van der Waals surface area contributed by atoms with Gasteiger partial charge in [-0.05, 0) is 37.5 Å². The second kappa shape index (κ2) is 3.11. The molecular formula is C9H16O2. The zero-order valence-corrected chi connectivity index (χ0v) is 6.83. The molecule has 64 valence electrons. The zero-order valence-electron chi connectivity index (χ0n) is 6.83. The molecule has 1 atom stereocenters. The van der Waals surface area contributed by atoms with Gasteiger partial charge in [0.15, 0.2) is 0 Å². The Hall–Kier alpha value is -0.0800. The highest BCUT2D eigenvalue weighted by Crippen LogP contribution is 2.33. The second-order valence-corrected chi connectivity index (χ2v) is 3.89. The molecule has 1 unspecified atom stereocenters. The molecule has 2 nitrogen and oxygen atoms in total. The first-order valence-electron chi connectivity index (χ1n) is 4.62. The van der Waals surface area contributed by atoms with Crippen LogP contribution in [0.1, 0.15) is 25.7 Å². The van der Waals surface area contributed by atoms with Crippen LogP contribution in [0.25, 0.3) is 0 Å². The molecular weight excluding hydrogens is 140 g/mol. The smallest absolute Gasteiger partial charge is 0.0801 e. The van der Waals surface area contributed by atoms with Gasteiger partial charge in [0, 0.05) is 6.61 Å². The fourth-order valence-corrected chi connectivity index (χ4v) is 1.26. The third kappa shape index (κ3) is 2.46. The topological polar surface area (TPSA) is 29.5 Å². The molecule has 0 spiro atoms. The van der Waals surface area contributed by atoms with Crippen LogP contribution in [-0.2, 0) is 4.74 Å². The van der Waals surface area contributed by atoms with Crippen molar-refractivity contribution in [3.63, 3.8) is 0 Å². The van der Waals surface area contributed by atoms with Crippen LogP contribution in [0.15, 0.2) is 0 Å². The zero-order chi connectivity index (χ0) is 7.68. The fourth-order valence-electron chi connectivity index (χ4n) is 1.26. The van der Waals surface area contributed by atoms with Gasteiger partial charge in [-0.15, -0.1) is 0 Å². The molecule has 2 rings (SSSR count). The van der Waals surface area contributed by atoms with E-state index in [0.29, 0.717) is 12.5 Å². The molecule has 0 aliphatic heterocycles. The van der Waals surface area contributed by atoms with E-state index in [1.165, 1.54) is 25.7 Å². The summed E-state index contributed by atoms with van der Waals surface area (Å²) in [5, 5.41) is 9.40. The van der Waals surface area contributed by atoms with Crippen molar-refractivity contribution in [2.24, 2.45) is 11.8 Å². The molecule has 2 heteroatoms. The average molecular weight is 156 g/mol. The Labute approximate surface area is 67.6 Å². The number of aliphatic hydroxyl groups is 1. The lowest BCUT2D eigenvalue weighted by Gasteiger charge is -2.08. The molecule has 0 aromatic heterocycles. The summed E-state index contributed by atoms with van der Waals surface area (Å²) < 4.78 is 5.37. The van der Waals surface area contributed by atoms with Gasteiger partial charge in [-0.25, -0.2) is 0 Å². The molecule has 2 saturated carbocycles. The molecule has 0 amide bonds. The number of ether oxygens (including phenoxy) is 1. The van der Waals surface area contributed by atoms with E-state index in [-0.39, 0.29) is 6.10 Å². The summed E-state index contributed by atoms with van der Waals surface area (Å²) in [5.74, 6) is 1.38. The van der Waals surface area contributed by atoms with Crippen LogP contribution in [0, 0.1) is 11.8 Å². The fraction of sp³-hybridized carbons (Fsp3) is 1.00. The highest BCUT2D eigenvalue weighted by atomic mass is 16.5. The lowest BCUT2D eigenvalue weighted by Crippen LogP contribution is -2.18. The van der Waals surface area contributed by atoms with Crippen LogP contribution in [0.3, 0.4) is 0 Å². The summed E-state index contributed by atoms with van der Waals surface area (Å²) in [6.07, 6.45) is 4.90. The molecule has 0 aromatic carbocycles. The molecule has 1 N–H and O–H groups in total. The molecule has 0 aromatic rings. The number of aliphatic hydroxyl groups excluding tert-OH is 1. The van der Waals surface area contributed by atoms with E-state index in [0.717, 1.165) is 12.5 Å². The summed E-state index contributed by atoms with van der Waals surface area (Å²) in [5.41, 5.74) is 0. The Balaban J connectivity index is 1.50. The predicted octanol–water partition coefficient (Wildman–Crippen LogP) is 1.18. The van der Waals surface area contributed by atoms with Crippen molar-refractivity contribution in [2.45, 2.75) is 31.8 Å². The van der Waals surface area contributed by atoms with Crippen LogP contribution in [0.4, 0.5) is 0 Å². The Morgan fingerprint density at radius 1 is 1.27 bits per heavy atom. The second-order valence-electron chi connectivity index (χ2n) is 3.89. The van der Waals surface area contributed by atoms with Gasteiger partial charge < -0.3 is 9.84 Å². The first-order valence-corrected chi connectivity index (χ1v) is 4.62. The first kappa shape index (κ1) is 7.56. The molecule has 2 aliphatic rings. The summed E-state index contributed by atoms with van der Waals surface area (Å²) in [7, 11) is 0. The van der Waals surface area contributed by atoms with E-state index in [4.69, 9.17) is 4.74 Å². The number of hydrogen-bond acceptors (Lipinski definition) is 2. The van der Waals surface area contributed by atoms with Gasteiger partial charge in [0.1, 0.15) is 0 Å². The van der Waals surface area contributed by atoms with Crippen molar-refractivity contribution in [3.8, 4) is 0 Å². The molecule has 0 heterocycles. The molecule has 2 aliphatic carbocycles. The highest BCUT2D eigenvalue weighted by molar-refractivity contribution is 4.81. The Morgan fingerprint density at radius 3 is 2.55 bits per heavy atom. The minimum absolute atomic E-state index is 0.172. The average Bonchev–Trinajstić information content (AvgIpc) is 2.85. The predicted molar refractivity (Wildman–Crippen MR) is 42.3 cm³/mol. The lowest BCUT2D eigenvalue weighted by molar-refractivity contribution is 0.0214. The molecule has 0 radical (unpaired) electrons. The van der Waals surface area contributed by atoms with Crippen LogP contribution in [0.2, 0.25) is 0 Å². The van der Waals surface area contributed by atoms with Gasteiger partial charge in [-0.1, -0.05) is 0 Å². The van der Waals surface area contributed by atoms with Gasteiger partial charge in [0.05, 0.1) is 12.7 Å². The maximum atomic E-state index is 9.40. The number of hydrogen-bond donors (Lipinski definition) is 1. The Kier molecular flexibility index (Phi) is 2.14. The van der Waals surface area contributed by atoms with Crippen molar-refractivity contribution < 1.29 is 9.84 Å². The Morgan fingerprint density at radius 2 is 2.00 bits per heavy atom. The van der Waals surface area contributed by atoms with E-state index >= 15 is 0 Å². The maximum Gasteiger partial charge on any atom is 0.0801 e. The van der Waals surface area contributed by atoms with Crippen LogP contribution >= 0.6 is 0 Å². The third-order valence-electron chi connectivity index (χ3n) is 2.51. The van der Waals surface area contributed by atoms with Crippen molar-refractivity contribution in [1.29, 1.82) is 0 Å². The van der Waals surface area contributed by atoms with Crippen molar-refractivity contribution in [2.75, 3.05) is 13.2 Å². The molecule has 2 fully saturated rings. The van der Waals surface area contributed by atoms with Gasteiger partial charge in [-0.3, -0.25) is 0 Å².